The van der Waals surface area contributed by atoms with Gasteiger partial charge in [0.2, 0.25) is 10.0 Å². The summed E-state index contributed by atoms with van der Waals surface area (Å²) in [6.45, 7) is 5.00. The molecule has 0 bridgehead atoms. The summed E-state index contributed by atoms with van der Waals surface area (Å²) in [5.41, 5.74) is 2.55. The Balaban J connectivity index is 1.71. The molecule has 8 heteroatoms. The van der Waals surface area contributed by atoms with Gasteiger partial charge in [0.05, 0.1) is 19.3 Å². The first-order valence-corrected chi connectivity index (χ1v) is 14.5. The summed E-state index contributed by atoms with van der Waals surface area (Å²) >= 11 is 0. The van der Waals surface area contributed by atoms with Crippen molar-refractivity contribution in [3.05, 3.63) is 89.5 Å². The summed E-state index contributed by atoms with van der Waals surface area (Å²) in [5, 5.41) is 9.88. The molecule has 1 aliphatic rings. The molecule has 3 aromatic rings. The zero-order chi connectivity index (χ0) is 28.0. The first-order chi connectivity index (χ1) is 18.7. The maximum Gasteiger partial charge on any atom is 0.247 e. The van der Waals surface area contributed by atoms with Gasteiger partial charge in [0.25, 0.3) is 0 Å². The molecule has 3 aromatic carbocycles. The van der Waals surface area contributed by atoms with Crippen molar-refractivity contribution in [2.75, 3.05) is 33.9 Å². The van der Waals surface area contributed by atoms with Crippen LogP contribution in [0.3, 0.4) is 0 Å². The van der Waals surface area contributed by atoms with E-state index < -0.39 is 16.1 Å². The Bertz CT molecular complexity index is 1430. The number of methoxy groups -OCH3 is 1. The van der Waals surface area contributed by atoms with Crippen LogP contribution in [0.2, 0.25) is 0 Å². The molecule has 206 valence electrons. The van der Waals surface area contributed by atoms with Gasteiger partial charge in [0, 0.05) is 37.2 Å². The fourth-order valence-electron chi connectivity index (χ4n) is 4.68. The van der Waals surface area contributed by atoms with Gasteiger partial charge < -0.3 is 14.6 Å². The van der Waals surface area contributed by atoms with Crippen LogP contribution in [0.1, 0.15) is 30.5 Å². The second-order valence-corrected chi connectivity index (χ2v) is 11.9. The highest BCUT2D eigenvalue weighted by Gasteiger charge is 2.38. The predicted octanol–water partition coefficient (Wildman–Crippen LogP) is 4.00. The number of fused-ring (bicyclic) bond motifs is 1. The van der Waals surface area contributed by atoms with E-state index in [9.17, 15) is 13.5 Å². The molecular formula is C31H36N2O5S. The summed E-state index contributed by atoms with van der Waals surface area (Å²) in [7, 11) is -0.288. The van der Waals surface area contributed by atoms with E-state index in [1.807, 2.05) is 56.4 Å². The zero-order valence-corrected chi connectivity index (χ0v) is 23.7. The summed E-state index contributed by atoms with van der Waals surface area (Å²) in [6.07, 6.45) is -0.293. The SMILES string of the molecule is COc1ccccc1C#Cc1ccc2c(c1)O[C@@H](CN(C)Cc1ccccc1)[C@H](C)CN([C@@H](C)CO)S2(=O)=O. The van der Waals surface area contributed by atoms with Gasteiger partial charge in [0.1, 0.15) is 22.5 Å². The molecule has 4 rings (SSSR count). The van der Waals surface area contributed by atoms with Crippen molar-refractivity contribution in [1.82, 2.24) is 9.21 Å². The van der Waals surface area contributed by atoms with Crippen LogP contribution in [-0.4, -0.2) is 68.7 Å². The standard InChI is InChI=1S/C31H36N2O5S/c1-23-19-33(24(2)22-34)39(35,36)31-17-15-25(14-16-27-12-8-9-13-28(27)37-4)18-29(31)38-30(23)21-32(3)20-26-10-6-5-7-11-26/h5-13,15,17-18,23-24,30,34H,19-22H2,1-4H3/t23-,24+,30+/m1/s1. The average molecular weight is 549 g/mol. The number of ether oxygens (including phenoxy) is 2. The van der Waals surface area contributed by atoms with Crippen molar-refractivity contribution < 1.29 is 23.0 Å². The molecule has 0 aromatic heterocycles. The summed E-state index contributed by atoms with van der Waals surface area (Å²) in [6, 6.07) is 22.0. The van der Waals surface area contributed by atoms with Crippen molar-refractivity contribution >= 4 is 10.0 Å². The zero-order valence-electron chi connectivity index (χ0n) is 22.9. The van der Waals surface area contributed by atoms with Crippen LogP contribution in [0.5, 0.6) is 11.5 Å². The van der Waals surface area contributed by atoms with Gasteiger partial charge in [-0.3, -0.25) is 4.90 Å². The molecule has 0 fully saturated rings. The lowest BCUT2D eigenvalue weighted by Crippen LogP contribution is -2.49. The van der Waals surface area contributed by atoms with E-state index in [-0.39, 0.29) is 35.8 Å². The number of likely N-dealkylation sites (N-methyl/N-ethyl adjacent to an activating group) is 1. The molecule has 3 atom stereocenters. The molecule has 7 nitrogen and oxygen atoms in total. The lowest BCUT2D eigenvalue weighted by molar-refractivity contribution is 0.0733. The van der Waals surface area contributed by atoms with Gasteiger partial charge in [-0.15, -0.1) is 0 Å². The van der Waals surface area contributed by atoms with Crippen molar-refractivity contribution in [2.24, 2.45) is 5.92 Å². The van der Waals surface area contributed by atoms with Crippen LogP contribution in [0.25, 0.3) is 0 Å². The van der Waals surface area contributed by atoms with E-state index in [1.165, 1.54) is 9.87 Å². The number of aliphatic hydroxyl groups is 1. The number of nitrogens with zero attached hydrogens (tertiary/aromatic N) is 2. The van der Waals surface area contributed by atoms with E-state index in [2.05, 4.69) is 28.9 Å². The Morgan fingerprint density at radius 3 is 2.54 bits per heavy atom. The van der Waals surface area contributed by atoms with Gasteiger partial charge in [-0.25, -0.2) is 8.42 Å². The maximum atomic E-state index is 13.7. The molecule has 1 heterocycles. The van der Waals surface area contributed by atoms with Crippen LogP contribution in [0.15, 0.2) is 77.7 Å². The van der Waals surface area contributed by atoms with E-state index >= 15 is 0 Å². The van der Waals surface area contributed by atoms with Crippen LogP contribution >= 0.6 is 0 Å². The normalized spacial score (nSPS) is 19.5. The first-order valence-electron chi connectivity index (χ1n) is 13.0. The van der Waals surface area contributed by atoms with Gasteiger partial charge in [-0.05, 0) is 49.9 Å². The number of para-hydroxylation sites is 1. The van der Waals surface area contributed by atoms with Crippen molar-refractivity contribution in [3.63, 3.8) is 0 Å². The molecule has 0 spiro atoms. The smallest absolute Gasteiger partial charge is 0.247 e. The van der Waals surface area contributed by atoms with Crippen molar-refractivity contribution in [1.29, 1.82) is 0 Å². The van der Waals surface area contributed by atoms with Gasteiger partial charge >= 0.3 is 0 Å². The highest BCUT2D eigenvalue weighted by Crippen LogP contribution is 2.34. The lowest BCUT2D eigenvalue weighted by Gasteiger charge is -2.37. The van der Waals surface area contributed by atoms with E-state index in [0.717, 1.165) is 12.1 Å². The fraction of sp³-hybridized carbons (Fsp3) is 0.355. The second kappa shape index (κ2) is 12.7. The Morgan fingerprint density at radius 2 is 1.82 bits per heavy atom. The van der Waals surface area contributed by atoms with E-state index in [4.69, 9.17) is 9.47 Å². The Kier molecular flexibility index (Phi) is 9.31. The topological polar surface area (TPSA) is 79.3 Å². The molecule has 0 amide bonds. The molecule has 1 aliphatic heterocycles. The molecule has 1 N–H and O–H groups in total. The van der Waals surface area contributed by atoms with Crippen LogP contribution in [0.4, 0.5) is 0 Å². The minimum atomic E-state index is -3.92. The molecule has 0 saturated heterocycles. The average Bonchev–Trinajstić information content (AvgIpc) is 2.94. The van der Waals surface area contributed by atoms with E-state index in [0.29, 0.717) is 17.9 Å². The second-order valence-electron chi connectivity index (χ2n) is 10.0. The third kappa shape index (κ3) is 6.81. The predicted molar refractivity (Wildman–Crippen MR) is 152 cm³/mol. The highest BCUT2D eigenvalue weighted by atomic mass is 32.2. The largest absolute Gasteiger partial charge is 0.495 e. The van der Waals surface area contributed by atoms with Crippen LogP contribution in [0, 0.1) is 17.8 Å². The number of aliphatic hydroxyl groups excluding tert-OH is 1. The monoisotopic (exact) mass is 548 g/mol. The number of hydrogen-bond acceptors (Lipinski definition) is 6. The summed E-state index contributed by atoms with van der Waals surface area (Å²) in [4.78, 5) is 2.26. The van der Waals surface area contributed by atoms with Gasteiger partial charge in [-0.2, -0.15) is 4.31 Å². The minimum absolute atomic E-state index is 0.0771. The Hall–Kier alpha value is -3.35. The minimum Gasteiger partial charge on any atom is -0.495 e. The maximum absolute atomic E-state index is 13.7. The lowest BCUT2D eigenvalue weighted by atomic mass is 10.0. The number of hydrogen-bond donors (Lipinski definition) is 1. The summed E-state index contributed by atoms with van der Waals surface area (Å²) in [5.74, 6) is 7.04. The third-order valence-corrected chi connectivity index (χ3v) is 8.92. The van der Waals surface area contributed by atoms with Gasteiger partial charge in [-0.1, -0.05) is 61.2 Å². The highest BCUT2D eigenvalue weighted by molar-refractivity contribution is 7.89. The molecular weight excluding hydrogens is 512 g/mol. The number of sulfonamides is 1. The molecule has 39 heavy (non-hydrogen) atoms. The molecule has 0 unspecified atom stereocenters. The van der Waals surface area contributed by atoms with Crippen LogP contribution in [-0.2, 0) is 16.6 Å². The molecule has 0 radical (unpaired) electrons. The summed E-state index contributed by atoms with van der Waals surface area (Å²) < 4.78 is 40.8. The quantitative estimate of drug-likeness (QED) is 0.450. The third-order valence-electron chi connectivity index (χ3n) is 6.90. The Labute approximate surface area is 232 Å². The number of benzene rings is 3. The Morgan fingerprint density at radius 1 is 1.10 bits per heavy atom. The molecule has 0 aliphatic carbocycles. The van der Waals surface area contributed by atoms with Crippen LogP contribution < -0.4 is 9.47 Å². The van der Waals surface area contributed by atoms with Crippen molar-refractivity contribution in [2.45, 2.75) is 37.4 Å². The first kappa shape index (κ1) is 28.7. The number of rotatable bonds is 7. The fourth-order valence-corrected chi connectivity index (χ4v) is 6.50. The molecule has 0 saturated carbocycles. The van der Waals surface area contributed by atoms with E-state index in [1.54, 1.807) is 32.2 Å². The van der Waals surface area contributed by atoms with Crippen molar-refractivity contribution in [3.8, 4) is 23.3 Å². The van der Waals surface area contributed by atoms with Gasteiger partial charge in [0.15, 0.2) is 0 Å².